The molecule has 2 N–H and O–H groups in total. The van der Waals surface area contributed by atoms with Crippen LogP contribution in [-0.2, 0) is 19.1 Å². The van der Waals surface area contributed by atoms with Gasteiger partial charge in [-0.05, 0) is 26.3 Å². The Kier molecular flexibility index (Phi) is 23.0. The number of unbranched alkanes of at least 4 members (excludes halogenated alkanes) is 14. The van der Waals surface area contributed by atoms with Crippen molar-refractivity contribution in [1.29, 1.82) is 0 Å². The third-order valence-corrected chi connectivity index (χ3v) is 7.28. The number of likely N-dealkylation sites (N-methyl/N-ethyl adjacent to an activating group) is 1. The first-order valence-corrected chi connectivity index (χ1v) is 15.6. The molecule has 0 spiro atoms. The van der Waals surface area contributed by atoms with Crippen molar-refractivity contribution in [3.8, 4) is 0 Å². The fourth-order valence-electron chi connectivity index (χ4n) is 4.99. The van der Waals surface area contributed by atoms with Crippen LogP contribution in [0.4, 0.5) is 0 Å². The lowest BCUT2D eigenvalue weighted by atomic mass is 10.0. The van der Waals surface area contributed by atoms with Crippen molar-refractivity contribution in [2.75, 3.05) is 53.1 Å². The van der Waals surface area contributed by atoms with E-state index in [-0.39, 0.29) is 17.9 Å². The Morgan fingerprint density at radius 2 is 1.24 bits per heavy atom. The number of nitrogens with one attached hydrogen (secondary N) is 2. The van der Waals surface area contributed by atoms with E-state index in [0.29, 0.717) is 45.9 Å². The summed E-state index contributed by atoms with van der Waals surface area (Å²) in [5.41, 5.74) is 0. The summed E-state index contributed by atoms with van der Waals surface area (Å²) >= 11 is 0. The lowest BCUT2D eigenvalue weighted by Crippen LogP contribution is -2.46. The summed E-state index contributed by atoms with van der Waals surface area (Å²) in [5, 5.41) is 5.96. The largest absolute Gasteiger partial charge is 0.378 e. The maximum atomic E-state index is 12.7. The first-order valence-electron chi connectivity index (χ1n) is 15.6. The number of amides is 2. The number of ether oxygens (including phenoxy) is 2. The van der Waals surface area contributed by atoms with Gasteiger partial charge in [0.2, 0.25) is 11.8 Å². The highest BCUT2D eigenvalue weighted by Crippen LogP contribution is 2.20. The van der Waals surface area contributed by atoms with Crippen molar-refractivity contribution in [3.63, 3.8) is 0 Å². The van der Waals surface area contributed by atoms with Crippen LogP contribution >= 0.6 is 0 Å². The fourth-order valence-corrected chi connectivity index (χ4v) is 4.99. The van der Waals surface area contributed by atoms with Crippen LogP contribution < -0.4 is 10.6 Å². The topological polar surface area (TPSA) is 79.9 Å². The monoisotopic (exact) mass is 525 g/mol. The first-order chi connectivity index (χ1) is 18.2. The molecule has 1 heterocycles. The van der Waals surface area contributed by atoms with Gasteiger partial charge in [-0.2, -0.15) is 0 Å². The molecule has 0 aliphatic carbocycles. The van der Waals surface area contributed by atoms with Gasteiger partial charge in [0.1, 0.15) is 6.04 Å². The van der Waals surface area contributed by atoms with E-state index in [9.17, 15) is 9.59 Å². The predicted octanol–water partition coefficient (Wildman–Crippen LogP) is 5.61. The van der Waals surface area contributed by atoms with E-state index in [1.807, 2.05) is 7.05 Å². The molecule has 1 atom stereocenters. The van der Waals surface area contributed by atoms with Crippen molar-refractivity contribution in [2.24, 2.45) is 0 Å². The first kappa shape index (κ1) is 33.8. The summed E-state index contributed by atoms with van der Waals surface area (Å²) in [6.07, 6.45) is 22.1. The van der Waals surface area contributed by atoms with E-state index >= 15 is 0 Å². The number of likely N-dealkylation sites (tertiary alicyclic amines) is 1. The zero-order valence-corrected chi connectivity index (χ0v) is 24.3. The molecule has 7 nitrogen and oxygen atoms in total. The zero-order chi connectivity index (χ0) is 26.8. The third-order valence-electron chi connectivity index (χ3n) is 7.28. The maximum absolute atomic E-state index is 12.7. The van der Waals surface area contributed by atoms with Gasteiger partial charge in [-0.1, -0.05) is 96.8 Å². The van der Waals surface area contributed by atoms with Crippen LogP contribution in [0.15, 0.2) is 0 Å². The molecule has 0 saturated carbocycles. The van der Waals surface area contributed by atoms with E-state index < -0.39 is 0 Å². The molecule has 37 heavy (non-hydrogen) atoms. The van der Waals surface area contributed by atoms with Gasteiger partial charge in [0.25, 0.3) is 0 Å². The SMILES string of the molecule is CCCCCCCCCCCCCCCCCC(=O)N1CCCC1C(=O)NCCOCCOCCNC. The molecule has 1 saturated heterocycles. The van der Waals surface area contributed by atoms with Crippen LogP contribution in [-0.4, -0.2) is 75.9 Å². The molecule has 2 amide bonds. The molecule has 1 fully saturated rings. The molecule has 0 aromatic rings. The molecule has 1 unspecified atom stereocenters. The fraction of sp³-hybridized carbons (Fsp3) is 0.933. The van der Waals surface area contributed by atoms with E-state index in [0.717, 1.165) is 32.2 Å². The van der Waals surface area contributed by atoms with Crippen LogP contribution in [0.5, 0.6) is 0 Å². The van der Waals surface area contributed by atoms with Gasteiger partial charge < -0.3 is 25.0 Å². The van der Waals surface area contributed by atoms with Crippen molar-refractivity contribution < 1.29 is 19.1 Å². The minimum absolute atomic E-state index is 0.0452. The Morgan fingerprint density at radius 1 is 0.730 bits per heavy atom. The maximum Gasteiger partial charge on any atom is 0.242 e. The Morgan fingerprint density at radius 3 is 1.78 bits per heavy atom. The molecule has 7 heteroatoms. The van der Waals surface area contributed by atoms with Gasteiger partial charge >= 0.3 is 0 Å². The van der Waals surface area contributed by atoms with Crippen molar-refractivity contribution >= 4 is 11.8 Å². The van der Waals surface area contributed by atoms with E-state index in [2.05, 4.69) is 17.6 Å². The molecule has 218 valence electrons. The Hall–Kier alpha value is -1.18. The van der Waals surface area contributed by atoms with Crippen LogP contribution in [0, 0.1) is 0 Å². The molecule has 0 aromatic heterocycles. The normalized spacial score (nSPS) is 15.4. The minimum Gasteiger partial charge on any atom is -0.378 e. The number of hydrogen-bond donors (Lipinski definition) is 2. The predicted molar refractivity (Wildman–Crippen MR) is 153 cm³/mol. The summed E-state index contributed by atoms with van der Waals surface area (Å²) < 4.78 is 10.9. The third kappa shape index (κ3) is 18.7. The van der Waals surface area contributed by atoms with Crippen molar-refractivity contribution in [1.82, 2.24) is 15.5 Å². The van der Waals surface area contributed by atoms with Crippen molar-refractivity contribution in [3.05, 3.63) is 0 Å². The molecule has 1 rings (SSSR count). The van der Waals surface area contributed by atoms with Crippen LogP contribution in [0.3, 0.4) is 0 Å². The van der Waals surface area contributed by atoms with Gasteiger partial charge in [-0.25, -0.2) is 0 Å². The second kappa shape index (κ2) is 25.1. The van der Waals surface area contributed by atoms with Gasteiger partial charge in [0.05, 0.1) is 26.4 Å². The Bertz CT molecular complexity index is 547. The molecular formula is C30H59N3O4. The summed E-state index contributed by atoms with van der Waals surface area (Å²) in [7, 11) is 1.89. The summed E-state index contributed by atoms with van der Waals surface area (Å²) in [6, 6.07) is -0.311. The smallest absolute Gasteiger partial charge is 0.242 e. The molecule has 0 aromatic carbocycles. The van der Waals surface area contributed by atoms with Gasteiger partial charge in [0.15, 0.2) is 0 Å². The van der Waals surface area contributed by atoms with Gasteiger partial charge in [-0.3, -0.25) is 9.59 Å². The highest BCUT2D eigenvalue weighted by molar-refractivity contribution is 5.88. The highest BCUT2D eigenvalue weighted by atomic mass is 16.5. The summed E-state index contributed by atoms with van der Waals surface area (Å²) in [6.45, 7) is 6.47. The van der Waals surface area contributed by atoms with Gasteiger partial charge in [0, 0.05) is 26.1 Å². The van der Waals surface area contributed by atoms with Crippen LogP contribution in [0.25, 0.3) is 0 Å². The Balaban J connectivity index is 1.97. The van der Waals surface area contributed by atoms with E-state index in [4.69, 9.17) is 9.47 Å². The lowest BCUT2D eigenvalue weighted by molar-refractivity contribution is -0.138. The standard InChI is InChI=1S/C30H59N3O4/c1-3-4-5-6-7-8-9-10-11-12-13-14-15-16-17-20-29(34)33-23-18-19-28(33)30(35)32-22-25-37-27-26-36-24-21-31-2/h28,31H,3-27H2,1-2H3,(H,32,35). The quantitative estimate of drug-likeness (QED) is 0.144. The molecule has 1 aliphatic rings. The highest BCUT2D eigenvalue weighted by Gasteiger charge is 2.33. The van der Waals surface area contributed by atoms with Crippen molar-refractivity contribution in [2.45, 2.75) is 129 Å². The molecule has 0 radical (unpaired) electrons. The van der Waals surface area contributed by atoms with Crippen LogP contribution in [0.2, 0.25) is 0 Å². The van der Waals surface area contributed by atoms with Gasteiger partial charge in [-0.15, -0.1) is 0 Å². The minimum atomic E-state index is -0.311. The van der Waals surface area contributed by atoms with E-state index in [1.54, 1.807) is 4.90 Å². The Labute approximate surface area is 228 Å². The molecule has 0 bridgehead atoms. The lowest BCUT2D eigenvalue weighted by Gasteiger charge is -2.24. The average Bonchev–Trinajstić information content (AvgIpc) is 3.40. The second-order valence-corrected chi connectivity index (χ2v) is 10.6. The number of carbonyl (C=O) groups is 2. The summed E-state index contributed by atoms with van der Waals surface area (Å²) in [5.74, 6) is 0.0959. The molecular weight excluding hydrogens is 466 g/mol. The average molecular weight is 526 g/mol. The van der Waals surface area contributed by atoms with Crippen LogP contribution in [0.1, 0.15) is 122 Å². The number of carbonyl (C=O) groups excluding carboxylic acids is 2. The zero-order valence-electron chi connectivity index (χ0n) is 24.3. The molecule has 1 aliphatic heterocycles. The number of nitrogens with zero attached hydrogens (tertiary/aromatic N) is 1. The second-order valence-electron chi connectivity index (χ2n) is 10.6. The number of hydrogen-bond acceptors (Lipinski definition) is 5. The summed E-state index contributed by atoms with van der Waals surface area (Å²) in [4.78, 5) is 27.1. The number of rotatable bonds is 26. The van der Waals surface area contributed by atoms with E-state index in [1.165, 1.54) is 83.5 Å².